The Morgan fingerprint density at radius 1 is 1.27 bits per heavy atom. The number of hydrogen-bond donors (Lipinski definition) is 1. The van der Waals surface area contributed by atoms with Crippen LogP contribution in [0.3, 0.4) is 0 Å². The van der Waals surface area contributed by atoms with Crippen molar-refractivity contribution < 1.29 is 14.3 Å². The van der Waals surface area contributed by atoms with Crippen LogP contribution < -0.4 is 14.8 Å². The van der Waals surface area contributed by atoms with E-state index >= 15 is 0 Å². The molecule has 2 aliphatic rings. The number of ether oxygens (including phenoxy) is 2. The van der Waals surface area contributed by atoms with Crippen molar-refractivity contribution in [3.63, 3.8) is 0 Å². The lowest BCUT2D eigenvalue weighted by Crippen LogP contribution is -2.41. The molecule has 1 amide bonds. The van der Waals surface area contributed by atoms with Gasteiger partial charge in [0.1, 0.15) is 11.5 Å². The Kier molecular flexibility index (Phi) is 4.35. The normalized spacial score (nSPS) is 17.8. The summed E-state index contributed by atoms with van der Waals surface area (Å²) in [5, 5.41) is 3.22. The zero-order chi connectivity index (χ0) is 18.1. The van der Waals surface area contributed by atoms with E-state index in [1.54, 1.807) is 7.11 Å². The van der Waals surface area contributed by atoms with Gasteiger partial charge in [-0.2, -0.15) is 0 Å². The molecule has 0 bridgehead atoms. The number of hydrogen-bond acceptors (Lipinski definition) is 3. The first-order chi connectivity index (χ1) is 12.6. The summed E-state index contributed by atoms with van der Waals surface area (Å²) in [6.45, 7) is 2.84. The Morgan fingerprint density at radius 3 is 2.85 bits per heavy atom. The van der Waals surface area contributed by atoms with Crippen molar-refractivity contribution >= 4 is 5.91 Å². The Bertz CT molecular complexity index is 826. The molecule has 0 aromatic heterocycles. The standard InChI is InChI=1S/C22H25NO3/c1-15(13-16-7-8-19-17(14-16)9-12-26-19)23-21(24)22(10-11-22)18-5-3-4-6-20(18)25-2/h3-8,14-15H,9-13H2,1-2H3,(H,23,24)/t15-/m1/s1. The van der Waals surface area contributed by atoms with Crippen LogP contribution in [-0.2, 0) is 23.1 Å². The van der Waals surface area contributed by atoms with Crippen LogP contribution in [0, 0.1) is 0 Å². The Hall–Kier alpha value is -2.49. The minimum atomic E-state index is -0.424. The van der Waals surface area contributed by atoms with Gasteiger partial charge in [0.15, 0.2) is 0 Å². The van der Waals surface area contributed by atoms with Gasteiger partial charge in [0.05, 0.1) is 19.1 Å². The van der Waals surface area contributed by atoms with Crippen molar-refractivity contribution in [3.05, 3.63) is 59.2 Å². The molecule has 4 rings (SSSR count). The summed E-state index contributed by atoms with van der Waals surface area (Å²) in [6.07, 6.45) is 3.55. The van der Waals surface area contributed by atoms with Gasteiger partial charge in [0.2, 0.25) is 5.91 Å². The van der Waals surface area contributed by atoms with E-state index < -0.39 is 5.41 Å². The van der Waals surface area contributed by atoms with Crippen LogP contribution in [0.25, 0.3) is 0 Å². The van der Waals surface area contributed by atoms with E-state index in [1.165, 1.54) is 11.1 Å². The van der Waals surface area contributed by atoms with Crippen LogP contribution in [0.2, 0.25) is 0 Å². The molecular weight excluding hydrogens is 326 g/mol. The largest absolute Gasteiger partial charge is 0.496 e. The van der Waals surface area contributed by atoms with Crippen LogP contribution in [0.4, 0.5) is 0 Å². The molecule has 1 fully saturated rings. The third-order valence-electron chi connectivity index (χ3n) is 5.48. The van der Waals surface area contributed by atoms with Gasteiger partial charge in [0, 0.05) is 18.0 Å². The molecule has 4 nitrogen and oxygen atoms in total. The maximum Gasteiger partial charge on any atom is 0.231 e. The van der Waals surface area contributed by atoms with Gasteiger partial charge in [-0.3, -0.25) is 4.79 Å². The van der Waals surface area contributed by atoms with Crippen molar-refractivity contribution in [1.82, 2.24) is 5.32 Å². The van der Waals surface area contributed by atoms with E-state index in [9.17, 15) is 4.79 Å². The number of amides is 1. The monoisotopic (exact) mass is 351 g/mol. The summed E-state index contributed by atoms with van der Waals surface area (Å²) < 4.78 is 11.0. The highest BCUT2D eigenvalue weighted by molar-refractivity contribution is 5.92. The predicted octanol–water partition coefficient (Wildman–Crippen LogP) is 3.41. The number of nitrogens with one attached hydrogen (secondary N) is 1. The van der Waals surface area contributed by atoms with Crippen molar-refractivity contribution in [1.29, 1.82) is 0 Å². The average Bonchev–Trinajstić information content (AvgIpc) is 3.33. The van der Waals surface area contributed by atoms with Gasteiger partial charge >= 0.3 is 0 Å². The molecule has 4 heteroatoms. The molecule has 1 saturated carbocycles. The van der Waals surface area contributed by atoms with Gasteiger partial charge in [0.25, 0.3) is 0 Å². The predicted molar refractivity (Wildman–Crippen MR) is 101 cm³/mol. The summed E-state index contributed by atoms with van der Waals surface area (Å²) in [5.41, 5.74) is 3.09. The average molecular weight is 351 g/mol. The van der Waals surface area contributed by atoms with Crippen molar-refractivity contribution in [2.75, 3.05) is 13.7 Å². The summed E-state index contributed by atoms with van der Waals surface area (Å²) in [4.78, 5) is 13.0. The second-order valence-electron chi connectivity index (χ2n) is 7.40. The fraction of sp³-hybridized carbons (Fsp3) is 0.409. The zero-order valence-electron chi connectivity index (χ0n) is 15.4. The lowest BCUT2D eigenvalue weighted by atomic mass is 9.93. The minimum absolute atomic E-state index is 0.0788. The smallest absolute Gasteiger partial charge is 0.231 e. The lowest BCUT2D eigenvalue weighted by molar-refractivity contribution is -0.124. The van der Waals surface area contributed by atoms with Crippen LogP contribution >= 0.6 is 0 Å². The molecular formula is C22H25NO3. The lowest BCUT2D eigenvalue weighted by Gasteiger charge is -2.22. The SMILES string of the molecule is COc1ccccc1C1(C(=O)N[C@H](C)Cc2ccc3c(c2)CCO3)CC1. The molecule has 1 aliphatic heterocycles. The molecule has 26 heavy (non-hydrogen) atoms. The second kappa shape index (κ2) is 6.67. The number of fused-ring (bicyclic) bond motifs is 1. The van der Waals surface area contributed by atoms with E-state index in [1.807, 2.05) is 30.3 Å². The molecule has 2 aromatic rings. The molecule has 136 valence electrons. The van der Waals surface area contributed by atoms with Crippen molar-refractivity contribution in [2.45, 2.75) is 44.1 Å². The number of carbonyl (C=O) groups is 1. The van der Waals surface area contributed by atoms with E-state index in [2.05, 4.69) is 24.4 Å². The van der Waals surface area contributed by atoms with Crippen LogP contribution in [0.1, 0.15) is 36.5 Å². The molecule has 1 heterocycles. The van der Waals surface area contributed by atoms with Gasteiger partial charge in [-0.15, -0.1) is 0 Å². The second-order valence-corrected chi connectivity index (χ2v) is 7.40. The summed E-state index contributed by atoms with van der Waals surface area (Å²) in [5.74, 6) is 1.91. The number of carbonyl (C=O) groups excluding carboxylic acids is 1. The Labute approximate surface area is 154 Å². The fourth-order valence-corrected chi connectivity index (χ4v) is 3.92. The molecule has 1 aliphatic carbocycles. The third-order valence-corrected chi connectivity index (χ3v) is 5.48. The summed E-state index contributed by atoms with van der Waals surface area (Å²) >= 11 is 0. The van der Waals surface area contributed by atoms with E-state index in [0.717, 1.165) is 49.4 Å². The van der Waals surface area contributed by atoms with E-state index in [0.29, 0.717) is 0 Å². The van der Waals surface area contributed by atoms with Crippen LogP contribution in [0.15, 0.2) is 42.5 Å². The highest BCUT2D eigenvalue weighted by atomic mass is 16.5. The molecule has 1 atom stereocenters. The quantitative estimate of drug-likeness (QED) is 0.868. The maximum absolute atomic E-state index is 13.0. The van der Waals surface area contributed by atoms with E-state index in [4.69, 9.17) is 9.47 Å². The molecule has 1 N–H and O–H groups in total. The van der Waals surface area contributed by atoms with Gasteiger partial charge in [-0.25, -0.2) is 0 Å². The number of para-hydroxylation sites is 1. The zero-order valence-corrected chi connectivity index (χ0v) is 15.4. The maximum atomic E-state index is 13.0. The highest BCUT2D eigenvalue weighted by Crippen LogP contribution is 2.51. The summed E-state index contributed by atoms with van der Waals surface area (Å²) in [7, 11) is 1.66. The number of rotatable bonds is 6. The Morgan fingerprint density at radius 2 is 2.08 bits per heavy atom. The van der Waals surface area contributed by atoms with Crippen molar-refractivity contribution in [2.24, 2.45) is 0 Å². The van der Waals surface area contributed by atoms with Gasteiger partial charge in [-0.05, 0) is 49.4 Å². The first-order valence-corrected chi connectivity index (χ1v) is 9.31. The molecule has 2 aromatic carbocycles. The molecule has 0 saturated heterocycles. The van der Waals surface area contributed by atoms with Crippen LogP contribution in [0.5, 0.6) is 11.5 Å². The minimum Gasteiger partial charge on any atom is -0.496 e. The topological polar surface area (TPSA) is 47.6 Å². The highest BCUT2D eigenvalue weighted by Gasteiger charge is 2.52. The fourth-order valence-electron chi connectivity index (χ4n) is 3.92. The first-order valence-electron chi connectivity index (χ1n) is 9.31. The number of benzene rings is 2. The third kappa shape index (κ3) is 3.05. The van der Waals surface area contributed by atoms with Gasteiger partial charge in [-0.1, -0.05) is 30.3 Å². The van der Waals surface area contributed by atoms with Crippen molar-refractivity contribution in [3.8, 4) is 11.5 Å². The summed E-state index contributed by atoms with van der Waals surface area (Å²) in [6, 6.07) is 14.3. The van der Waals surface area contributed by atoms with E-state index in [-0.39, 0.29) is 11.9 Å². The molecule has 0 unspecified atom stereocenters. The number of methoxy groups -OCH3 is 1. The first kappa shape index (κ1) is 17.0. The van der Waals surface area contributed by atoms with Gasteiger partial charge < -0.3 is 14.8 Å². The molecule has 0 spiro atoms. The van der Waals surface area contributed by atoms with Crippen LogP contribution in [-0.4, -0.2) is 25.7 Å². The molecule has 0 radical (unpaired) electrons. The Balaban J connectivity index is 1.44.